The minimum absolute atomic E-state index is 0.0137. The quantitative estimate of drug-likeness (QED) is 0.761. The van der Waals surface area contributed by atoms with Gasteiger partial charge in [-0.05, 0) is 30.5 Å². The Morgan fingerprint density at radius 1 is 1.00 bits per heavy atom. The van der Waals surface area contributed by atoms with Crippen molar-refractivity contribution < 1.29 is 19.1 Å². The van der Waals surface area contributed by atoms with E-state index in [4.69, 9.17) is 9.47 Å². The Balaban J connectivity index is 1.45. The number of nitrogens with one attached hydrogen (secondary N) is 1. The molecule has 28 heavy (non-hydrogen) atoms. The van der Waals surface area contributed by atoms with Crippen molar-refractivity contribution >= 4 is 17.5 Å². The molecule has 1 aliphatic rings. The Hall–Kier alpha value is -3.02. The number of hydrogen-bond donors (Lipinski definition) is 1. The molecule has 0 spiro atoms. The first-order chi connectivity index (χ1) is 13.6. The zero-order valence-electron chi connectivity index (χ0n) is 16.1. The molecular weight excluding hydrogens is 356 g/mol. The number of amides is 2. The fraction of sp³-hybridized carbons (Fsp3) is 0.364. The van der Waals surface area contributed by atoms with E-state index >= 15 is 0 Å². The summed E-state index contributed by atoms with van der Waals surface area (Å²) in [5.74, 6) is 1.17. The van der Waals surface area contributed by atoms with Gasteiger partial charge in [-0.25, -0.2) is 0 Å². The molecule has 2 aromatic carbocycles. The second-order valence-electron chi connectivity index (χ2n) is 6.75. The van der Waals surface area contributed by atoms with Crippen LogP contribution in [0.15, 0.2) is 48.5 Å². The first-order valence-corrected chi connectivity index (χ1v) is 9.61. The van der Waals surface area contributed by atoms with Gasteiger partial charge in [-0.2, -0.15) is 0 Å². The molecule has 0 radical (unpaired) electrons. The van der Waals surface area contributed by atoms with Gasteiger partial charge in [0, 0.05) is 38.2 Å². The van der Waals surface area contributed by atoms with Gasteiger partial charge in [0.2, 0.25) is 11.8 Å². The summed E-state index contributed by atoms with van der Waals surface area (Å²) in [5.41, 5.74) is 1.91. The van der Waals surface area contributed by atoms with Gasteiger partial charge in [-0.1, -0.05) is 30.3 Å². The van der Waals surface area contributed by atoms with Crippen molar-refractivity contribution in [3.05, 3.63) is 54.1 Å². The number of carbonyl (C=O) groups is 2. The summed E-state index contributed by atoms with van der Waals surface area (Å²) in [4.78, 5) is 25.9. The number of nitrogens with zero attached hydrogens (tertiary/aromatic N) is 1. The molecule has 6 heteroatoms. The van der Waals surface area contributed by atoms with Crippen molar-refractivity contribution in [3.8, 4) is 11.5 Å². The molecule has 0 saturated heterocycles. The first kappa shape index (κ1) is 19.7. The maximum absolute atomic E-state index is 12.3. The van der Waals surface area contributed by atoms with Crippen LogP contribution in [0.1, 0.15) is 25.3 Å². The van der Waals surface area contributed by atoms with Gasteiger partial charge in [0.05, 0.1) is 0 Å². The highest BCUT2D eigenvalue weighted by Gasteiger charge is 2.14. The van der Waals surface area contributed by atoms with Crippen LogP contribution in [-0.4, -0.2) is 43.0 Å². The molecule has 148 valence electrons. The molecule has 2 amide bonds. The van der Waals surface area contributed by atoms with Crippen LogP contribution in [0, 0.1) is 0 Å². The monoisotopic (exact) mass is 382 g/mol. The lowest BCUT2D eigenvalue weighted by Gasteiger charge is -2.21. The van der Waals surface area contributed by atoms with Gasteiger partial charge in [-0.3, -0.25) is 9.59 Å². The smallest absolute Gasteiger partial charge is 0.226 e. The molecule has 1 aliphatic heterocycles. The van der Waals surface area contributed by atoms with Crippen LogP contribution in [0.2, 0.25) is 0 Å². The zero-order chi connectivity index (χ0) is 19.8. The van der Waals surface area contributed by atoms with Crippen molar-refractivity contribution in [3.63, 3.8) is 0 Å². The highest BCUT2D eigenvalue weighted by molar-refractivity contribution is 5.91. The van der Waals surface area contributed by atoms with Gasteiger partial charge < -0.3 is 19.7 Å². The maximum atomic E-state index is 12.3. The highest BCUT2D eigenvalue weighted by Crippen LogP contribution is 2.32. The summed E-state index contributed by atoms with van der Waals surface area (Å²) in [6.45, 7) is 3.62. The van der Waals surface area contributed by atoms with Crippen molar-refractivity contribution in [2.75, 3.05) is 31.6 Å². The minimum Gasteiger partial charge on any atom is -0.486 e. The van der Waals surface area contributed by atoms with Crippen LogP contribution in [0.5, 0.6) is 11.5 Å². The number of carbonyl (C=O) groups excluding carboxylic acids is 2. The van der Waals surface area contributed by atoms with E-state index in [2.05, 4.69) is 17.4 Å². The topological polar surface area (TPSA) is 67.9 Å². The van der Waals surface area contributed by atoms with E-state index in [1.54, 1.807) is 30.0 Å². The second kappa shape index (κ2) is 9.78. The number of fused-ring (bicyclic) bond motifs is 1. The Kier molecular flexibility index (Phi) is 6.89. The lowest BCUT2D eigenvalue weighted by molar-refractivity contribution is -0.129. The lowest BCUT2D eigenvalue weighted by Crippen LogP contribution is -2.33. The van der Waals surface area contributed by atoms with Crippen molar-refractivity contribution in [2.24, 2.45) is 0 Å². The Morgan fingerprint density at radius 3 is 2.50 bits per heavy atom. The summed E-state index contributed by atoms with van der Waals surface area (Å²) < 4.78 is 11.0. The Bertz CT molecular complexity index is 807. The van der Waals surface area contributed by atoms with E-state index in [-0.39, 0.29) is 18.2 Å². The normalized spacial score (nSPS) is 12.3. The molecule has 0 aromatic heterocycles. The molecule has 1 heterocycles. The van der Waals surface area contributed by atoms with Gasteiger partial charge in [-0.15, -0.1) is 0 Å². The Labute approximate surface area is 165 Å². The van der Waals surface area contributed by atoms with E-state index in [9.17, 15) is 9.59 Å². The van der Waals surface area contributed by atoms with Gasteiger partial charge >= 0.3 is 0 Å². The van der Waals surface area contributed by atoms with Crippen LogP contribution in [0.25, 0.3) is 0 Å². The zero-order valence-corrected chi connectivity index (χ0v) is 16.1. The molecule has 0 aliphatic carbocycles. The molecule has 1 N–H and O–H groups in total. The number of benzene rings is 2. The fourth-order valence-corrected chi connectivity index (χ4v) is 3.13. The fourth-order valence-electron chi connectivity index (χ4n) is 3.13. The summed E-state index contributed by atoms with van der Waals surface area (Å²) >= 11 is 0. The average molecular weight is 382 g/mol. The lowest BCUT2D eigenvalue weighted by atomic mass is 10.1. The third-order valence-electron chi connectivity index (χ3n) is 4.62. The summed E-state index contributed by atoms with van der Waals surface area (Å²) in [7, 11) is 0. The number of hydrogen-bond acceptors (Lipinski definition) is 4. The SMILES string of the molecule is CC(=O)N(CCCc1ccccc1)CCC(=O)Nc1ccc2c(c1)OCCO2. The van der Waals surface area contributed by atoms with Crippen molar-refractivity contribution in [2.45, 2.75) is 26.2 Å². The van der Waals surface area contributed by atoms with Gasteiger partial charge in [0.15, 0.2) is 11.5 Å². The molecule has 0 atom stereocenters. The molecule has 0 fully saturated rings. The largest absolute Gasteiger partial charge is 0.486 e. The molecule has 3 rings (SSSR count). The maximum Gasteiger partial charge on any atom is 0.226 e. The van der Waals surface area contributed by atoms with Gasteiger partial charge in [0.1, 0.15) is 13.2 Å². The first-order valence-electron chi connectivity index (χ1n) is 9.61. The van der Waals surface area contributed by atoms with E-state index < -0.39 is 0 Å². The van der Waals surface area contributed by atoms with E-state index in [0.29, 0.717) is 43.5 Å². The van der Waals surface area contributed by atoms with Crippen molar-refractivity contribution in [1.29, 1.82) is 0 Å². The molecule has 0 unspecified atom stereocenters. The summed E-state index contributed by atoms with van der Waals surface area (Å²) in [6, 6.07) is 15.5. The second-order valence-corrected chi connectivity index (χ2v) is 6.75. The number of rotatable bonds is 8. The number of anilines is 1. The summed E-state index contributed by atoms with van der Waals surface area (Å²) in [6.07, 6.45) is 2.03. The predicted octanol–water partition coefficient (Wildman–Crippen LogP) is 3.27. The molecule has 2 aromatic rings. The molecule has 6 nitrogen and oxygen atoms in total. The molecule has 0 saturated carbocycles. The molecule has 0 bridgehead atoms. The van der Waals surface area contributed by atoms with Gasteiger partial charge in [0.25, 0.3) is 0 Å². The standard InChI is InChI=1S/C22H26N2O4/c1-17(25)24(12-5-8-18-6-3-2-4-7-18)13-11-22(26)23-19-9-10-20-21(16-19)28-15-14-27-20/h2-4,6-7,9-10,16H,5,8,11-15H2,1H3,(H,23,26). The van der Waals surface area contributed by atoms with Crippen molar-refractivity contribution in [1.82, 2.24) is 4.90 Å². The van der Waals surface area contributed by atoms with Crippen LogP contribution in [-0.2, 0) is 16.0 Å². The van der Waals surface area contributed by atoms with Crippen LogP contribution >= 0.6 is 0 Å². The predicted molar refractivity (Wildman–Crippen MR) is 108 cm³/mol. The third-order valence-corrected chi connectivity index (χ3v) is 4.62. The summed E-state index contributed by atoms with van der Waals surface area (Å²) in [5, 5.41) is 2.86. The van der Waals surface area contributed by atoms with E-state index in [1.807, 2.05) is 18.2 Å². The van der Waals surface area contributed by atoms with Crippen LogP contribution in [0.3, 0.4) is 0 Å². The minimum atomic E-state index is -0.133. The third kappa shape index (κ3) is 5.74. The molecular formula is C22H26N2O4. The van der Waals surface area contributed by atoms with E-state index in [0.717, 1.165) is 12.8 Å². The highest BCUT2D eigenvalue weighted by atomic mass is 16.6. The van der Waals surface area contributed by atoms with Crippen LogP contribution in [0.4, 0.5) is 5.69 Å². The average Bonchev–Trinajstić information content (AvgIpc) is 2.71. The van der Waals surface area contributed by atoms with Crippen LogP contribution < -0.4 is 14.8 Å². The van der Waals surface area contributed by atoms with E-state index in [1.165, 1.54) is 5.56 Å². The Morgan fingerprint density at radius 2 is 1.75 bits per heavy atom. The number of aryl methyl sites for hydroxylation is 1. The number of ether oxygens (including phenoxy) is 2.